The van der Waals surface area contributed by atoms with Crippen LogP contribution in [0.15, 0.2) is 30.3 Å². The van der Waals surface area contributed by atoms with Gasteiger partial charge in [0.25, 0.3) is 0 Å². The molecule has 1 aromatic carbocycles. The Hall–Kier alpha value is -1.31. The molecule has 2 aliphatic carbocycles. The van der Waals surface area contributed by atoms with E-state index in [0.717, 1.165) is 24.8 Å². The fourth-order valence-electron chi connectivity index (χ4n) is 3.80. The van der Waals surface area contributed by atoms with Gasteiger partial charge >= 0.3 is 5.97 Å². The van der Waals surface area contributed by atoms with Crippen LogP contribution in [0.3, 0.4) is 0 Å². The Morgan fingerprint density at radius 3 is 2.50 bits per heavy atom. The normalized spacial score (nSPS) is 36.5. The summed E-state index contributed by atoms with van der Waals surface area (Å²) in [5.41, 5.74) is 0.430. The zero-order valence-electron chi connectivity index (χ0n) is 9.23. The first kappa shape index (κ1) is 9.88. The van der Waals surface area contributed by atoms with E-state index >= 15 is 0 Å². The molecular weight excluding hydrogens is 200 g/mol. The van der Waals surface area contributed by atoms with Gasteiger partial charge in [-0.25, -0.2) is 0 Å². The molecule has 3 atom stereocenters. The van der Waals surface area contributed by atoms with Crippen molar-refractivity contribution < 1.29 is 9.90 Å². The molecule has 0 radical (unpaired) electrons. The van der Waals surface area contributed by atoms with E-state index < -0.39 is 11.4 Å². The molecule has 1 aromatic rings. The summed E-state index contributed by atoms with van der Waals surface area (Å²) in [5, 5.41) is 9.64. The first-order valence-electron chi connectivity index (χ1n) is 6.02. The molecule has 0 aromatic heterocycles. The molecule has 0 spiro atoms. The third kappa shape index (κ3) is 1.16. The molecule has 0 saturated heterocycles. The van der Waals surface area contributed by atoms with Crippen molar-refractivity contribution in [1.29, 1.82) is 0 Å². The molecule has 0 amide bonds. The van der Waals surface area contributed by atoms with Gasteiger partial charge in [0.15, 0.2) is 0 Å². The van der Waals surface area contributed by atoms with Crippen LogP contribution in [0, 0.1) is 11.8 Å². The van der Waals surface area contributed by atoms with Crippen LogP contribution in [0.4, 0.5) is 0 Å². The average Bonchev–Trinajstić information content (AvgIpc) is 2.90. The van der Waals surface area contributed by atoms with Crippen LogP contribution >= 0.6 is 0 Å². The van der Waals surface area contributed by atoms with Crippen molar-refractivity contribution in [1.82, 2.24) is 0 Å². The molecule has 84 valence electrons. The van der Waals surface area contributed by atoms with Gasteiger partial charge in [0.1, 0.15) is 0 Å². The summed E-state index contributed by atoms with van der Waals surface area (Å²) < 4.78 is 0. The Labute approximate surface area is 95.3 Å². The van der Waals surface area contributed by atoms with E-state index in [1.807, 2.05) is 30.3 Å². The number of carboxylic acids is 1. The summed E-state index contributed by atoms with van der Waals surface area (Å²) >= 11 is 0. The van der Waals surface area contributed by atoms with Crippen LogP contribution in [0.2, 0.25) is 0 Å². The van der Waals surface area contributed by atoms with Crippen molar-refractivity contribution in [2.45, 2.75) is 31.1 Å². The summed E-state index contributed by atoms with van der Waals surface area (Å²) in [5.74, 6) is 0.379. The average molecular weight is 216 g/mol. The van der Waals surface area contributed by atoms with Crippen molar-refractivity contribution >= 4 is 5.97 Å². The molecule has 0 unspecified atom stereocenters. The van der Waals surface area contributed by atoms with Gasteiger partial charge in [-0.05, 0) is 36.7 Å². The highest BCUT2D eigenvalue weighted by atomic mass is 16.4. The van der Waals surface area contributed by atoms with Crippen LogP contribution in [-0.2, 0) is 10.2 Å². The maximum Gasteiger partial charge on any atom is 0.314 e. The van der Waals surface area contributed by atoms with E-state index in [1.54, 1.807) is 0 Å². The maximum absolute atomic E-state index is 11.7. The molecule has 0 heterocycles. The second kappa shape index (κ2) is 3.34. The molecule has 0 aliphatic heterocycles. The molecule has 3 rings (SSSR count). The van der Waals surface area contributed by atoms with Gasteiger partial charge in [0, 0.05) is 0 Å². The van der Waals surface area contributed by atoms with Crippen LogP contribution < -0.4 is 0 Å². The van der Waals surface area contributed by atoms with Gasteiger partial charge < -0.3 is 5.11 Å². The minimum atomic E-state index is -0.620. The van der Waals surface area contributed by atoms with Crippen molar-refractivity contribution in [3.05, 3.63) is 35.9 Å². The first-order chi connectivity index (χ1) is 7.73. The lowest BCUT2D eigenvalue weighted by Crippen LogP contribution is -2.40. The highest BCUT2D eigenvalue weighted by Gasteiger charge is 2.56. The minimum Gasteiger partial charge on any atom is -0.481 e. The smallest absolute Gasteiger partial charge is 0.314 e. The van der Waals surface area contributed by atoms with Crippen molar-refractivity contribution in [3.8, 4) is 0 Å². The van der Waals surface area contributed by atoms with E-state index in [4.69, 9.17) is 0 Å². The zero-order valence-corrected chi connectivity index (χ0v) is 9.23. The van der Waals surface area contributed by atoms with Crippen LogP contribution in [0.1, 0.15) is 31.2 Å². The van der Waals surface area contributed by atoms with Gasteiger partial charge in [-0.1, -0.05) is 36.8 Å². The lowest BCUT2D eigenvalue weighted by Gasteiger charge is -2.34. The molecule has 2 nitrogen and oxygen atoms in total. The predicted octanol–water partition coefficient (Wildman–Crippen LogP) is 2.83. The Balaban J connectivity index is 2.08. The standard InChI is InChI=1S/C14H16O2/c15-13(16)14(11-4-2-1-3-5-11)9-10-6-7-12(14)8-10/h1-5,10,12H,6-9H2,(H,15,16)/t10-,12+,14+/m1/s1. The third-order valence-electron chi connectivity index (χ3n) is 4.52. The van der Waals surface area contributed by atoms with E-state index in [9.17, 15) is 9.90 Å². The number of carboxylic acid groups (broad SMARTS) is 1. The van der Waals surface area contributed by atoms with Gasteiger partial charge in [0.2, 0.25) is 0 Å². The van der Waals surface area contributed by atoms with Crippen molar-refractivity contribution in [3.63, 3.8) is 0 Å². The quantitative estimate of drug-likeness (QED) is 0.825. The summed E-state index contributed by atoms with van der Waals surface area (Å²) in [4.78, 5) is 11.7. The number of rotatable bonds is 2. The number of carbonyl (C=O) groups is 1. The van der Waals surface area contributed by atoms with Gasteiger partial charge in [-0.3, -0.25) is 4.79 Å². The maximum atomic E-state index is 11.7. The SMILES string of the molecule is O=C(O)[C@]1(c2ccccc2)C[C@@H]2CC[C@H]1C2. The molecule has 2 bridgehead atoms. The second-order valence-corrected chi connectivity index (χ2v) is 5.22. The Morgan fingerprint density at radius 1 is 1.25 bits per heavy atom. The Kier molecular flexibility index (Phi) is 2.06. The minimum absolute atomic E-state index is 0.359. The topological polar surface area (TPSA) is 37.3 Å². The van der Waals surface area contributed by atoms with Crippen LogP contribution in [-0.4, -0.2) is 11.1 Å². The molecule has 2 heteroatoms. The number of fused-ring (bicyclic) bond motifs is 2. The molecule has 16 heavy (non-hydrogen) atoms. The number of hydrogen-bond acceptors (Lipinski definition) is 1. The van der Waals surface area contributed by atoms with Gasteiger partial charge in [0.05, 0.1) is 5.41 Å². The van der Waals surface area contributed by atoms with E-state index in [2.05, 4.69) is 0 Å². The summed E-state index contributed by atoms with van der Waals surface area (Å²) in [6, 6.07) is 9.81. The summed E-state index contributed by atoms with van der Waals surface area (Å²) in [6.07, 6.45) is 4.27. The number of hydrogen-bond donors (Lipinski definition) is 1. The molecule has 2 saturated carbocycles. The largest absolute Gasteiger partial charge is 0.481 e. The monoisotopic (exact) mass is 216 g/mol. The second-order valence-electron chi connectivity index (χ2n) is 5.22. The number of aliphatic carboxylic acids is 1. The van der Waals surface area contributed by atoms with Crippen molar-refractivity contribution in [2.75, 3.05) is 0 Å². The highest BCUT2D eigenvalue weighted by Crippen LogP contribution is 2.57. The fourth-order valence-corrected chi connectivity index (χ4v) is 3.80. The molecule has 2 aliphatic rings. The predicted molar refractivity (Wildman–Crippen MR) is 61.2 cm³/mol. The Bertz CT molecular complexity index is 412. The van der Waals surface area contributed by atoms with E-state index in [0.29, 0.717) is 11.8 Å². The third-order valence-corrected chi connectivity index (χ3v) is 4.52. The van der Waals surface area contributed by atoms with Gasteiger partial charge in [-0.15, -0.1) is 0 Å². The first-order valence-corrected chi connectivity index (χ1v) is 6.02. The van der Waals surface area contributed by atoms with E-state index in [-0.39, 0.29) is 0 Å². The summed E-state index contributed by atoms with van der Waals surface area (Å²) in [6.45, 7) is 0. The van der Waals surface area contributed by atoms with Crippen LogP contribution in [0.5, 0.6) is 0 Å². The lowest BCUT2D eigenvalue weighted by atomic mass is 9.68. The fraction of sp³-hybridized carbons (Fsp3) is 0.500. The van der Waals surface area contributed by atoms with E-state index in [1.165, 1.54) is 6.42 Å². The molecule has 1 N–H and O–H groups in total. The highest BCUT2D eigenvalue weighted by molar-refractivity contribution is 5.82. The van der Waals surface area contributed by atoms with Crippen LogP contribution in [0.25, 0.3) is 0 Å². The Morgan fingerprint density at radius 2 is 2.00 bits per heavy atom. The van der Waals surface area contributed by atoms with Gasteiger partial charge in [-0.2, -0.15) is 0 Å². The molecule has 2 fully saturated rings. The zero-order chi connectivity index (χ0) is 11.2. The number of benzene rings is 1. The summed E-state index contributed by atoms with van der Waals surface area (Å²) in [7, 11) is 0. The lowest BCUT2D eigenvalue weighted by molar-refractivity contribution is -0.146. The molecular formula is C14H16O2. The van der Waals surface area contributed by atoms with Crippen molar-refractivity contribution in [2.24, 2.45) is 11.8 Å².